The predicted octanol–water partition coefficient (Wildman–Crippen LogP) is 4.61. The molecule has 13 nitrogen and oxygen atoms in total. The number of urea groups is 1. The number of carbonyl (C=O) groups excluding carboxylic acids is 7. The second-order valence-corrected chi connectivity index (χ2v) is 16.3. The molecule has 0 aromatic heterocycles. The van der Waals surface area contributed by atoms with E-state index in [1.807, 2.05) is 67.1 Å². The van der Waals surface area contributed by atoms with Crippen molar-refractivity contribution in [2.24, 2.45) is 16.2 Å². The topological polar surface area (TPSA) is 174 Å². The Hall–Kier alpha value is -3.51. The van der Waals surface area contributed by atoms with Gasteiger partial charge in [0.05, 0.1) is 12.1 Å². The van der Waals surface area contributed by atoms with E-state index in [-0.39, 0.29) is 40.4 Å². The lowest BCUT2D eigenvalue weighted by molar-refractivity contribution is -0.142. The van der Waals surface area contributed by atoms with E-state index in [9.17, 15) is 28.8 Å². The number of amides is 6. The van der Waals surface area contributed by atoms with E-state index in [1.54, 1.807) is 4.90 Å². The fourth-order valence-electron chi connectivity index (χ4n) is 5.59. The van der Waals surface area contributed by atoms with Crippen LogP contribution in [0.3, 0.4) is 0 Å². The smallest absolute Gasteiger partial charge is 0.315 e. The summed E-state index contributed by atoms with van der Waals surface area (Å²) in [7, 11) is 0. The number of nitrogens with zero attached hydrogens (tertiary/aromatic N) is 2. The summed E-state index contributed by atoms with van der Waals surface area (Å²) in [6, 6.07) is -2.96. The first kappa shape index (κ1) is 49.6. The molecule has 2 aliphatic rings. The van der Waals surface area contributed by atoms with Crippen molar-refractivity contribution in [3.63, 3.8) is 0 Å². The molecule has 0 spiro atoms. The lowest BCUT2D eigenvalue weighted by atomic mass is 9.81. The van der Waals surface area contributed by atoms with Gasteiger partial charge in [-0.05, 0) is 55.8 Å². The molecule has 51 heavy (non-hydrogen) atoms. The van der Waals surface area contributed by atoms with Gasteiger partial charge in [-0.25, -0.2) is 4.79 Å². The highest BCUT2D eigenvalue weighted by molar-refractivity contribution is 5.94. The van der Waals surface area contributed by atoms with E-state index in [2.05, 4.69) is 49.0 Å². The quantitative estimate of drug-likeness (QED) is 0.213. The molecule has 296 valence electrons. The van der Waals surface area contributed by atoms with E-state index in [1.165, 1.54) is 13.3 Å². The minimum Gasteiger partial charge on any atom is -0.359 e. The number of nitrogens with one attached hydrogen (secondary N) is 4. The van der Waals surface area contributed by atoms with E-state index < -0.39 is 29.6 Å². The van der Waals surface area contributed by atoms with Gasteiger partial charge in [-0.15, -0.1) is 0 Å². The fourth-order valence-corrected chi connectivity index (χ4v) is 5.59. The number of hydrogen-bond acceptors (Lipinski definition) is 7. The molecule has 0 bridgehead atoms. The summed E-state index contributed by atoms with van der Waals surface area (Å²) in [5.74, 6) is -0.667. The highest BCUT2D eigenvalue weighted by atomic mass is 16.2. The largest absolute Gasteiger partial charge is 0.359 e. The van der Waals surface area contributed by atoms with Crippen molar-refractivity contribution < 1.29 is 33.6 Å². The van der Waals surface area contributed by atoms with Gasteiger partial charge in [0.2, 0.25) is 24.1 Å². The Morgan fingerprint density at radius 3 is 1.92 bits per heavy atom. The van der Waals surface area contributed by atoms with Gasteiger partial charge in [-0.1, -0.05) is 89.0 Å². The number of piperidine rings is 1. The van der Waals surface area contributed by atoms with Gasteiger partial charge in [-0.3, -0.25) is 24.0 Å². The van der Waals surface area contributed by atoms with Crippen LogP contribution < -0.4 is 21.3 Å². The fraction of sp³-hybridized carbons (Fsp3) is 0.816. The van der Waals surface area contributed by atoms with Gasteiger partial charge in [0.1, 0.15) is 18.9 Å². The summed E-state index contributed by atoms with van der Waals surface area (Å²) in [5.41, 5.74) is -0.993. The van der Waals surface area contributed by atoms with Crippen LogP contribution in [0.5, 0.6) is 0 Å². The molecule has 0 radical (unpaired) electrons. The number of likely N-dealkylation sites (tertiary alicyclic amines) is 2. The highest BCUT2D eigenvalue weighted by Gasteiger charge is 2.43. The van der Waals surface area contributed by atoms with Crippen molar-refractivity contribution in [1.29, 1.82) is 0 Å². The SMILES string of the molecule is C=O.CCC.CCCC(NC(=O)C1CCCN1C(=O)C(NC(=O)NC(CN1CCC(C)(C)CC1=O)C(C)(C)C)C(C)(C)C)C(C)=O.CCNC=O. The minimum atomic E-state index is -0.881. The molecule has 0 saturated carbocycles. The van der Waals surface area contributed by atoms with Crippen LogP contribution in [-0.2, 0) is 28.8 Å². The molecule has 2 rings (SSSR count). The number of ketones is 1. The molecule has 0 aromatic carbocycles. The van der Waals surface area contributed by atoms with Crippen LogP contribution in [0, 0.1) is 16.2 Å². The molecule has 0 aliphatic carbocycles. The summed E-state index contributed by atoms with van der Waals surface area (Å²) in [6.45, 7) is 29.6. The Kier molecular flexibility index (Phi) is 23.2. The van der Waals surface area contributed by atoms with Gasteiger partial charge in [-0.2, -0.15) is 0 Å². The zero-order chi connectivity index (χ0) is 40.2. The maximum Gasteiger partial charge on any atom is 0.315 e. The third-order valence-corrected chi connectivity index (χ3v) is 8.69. The molecule has 13 heteroatoms. The molecular formula is C38H72N6O7. The molecule has 2 aliphatic heterocycles. The number of rotatable bonds is 12. The van der Waals surface area contributed by atoms with E-state index in [0.717, 1.165) is 19.4 Å². The Bertz CT molecular complexity index is 1100. The lowest BCUT2D eigenvalue weighted by Crippen LogP contribution is -2.62. The summed E-state index contributed by atoms with van der Waals surface area (Å²) in [5, 5.41) is 11.2. The Morgan fingerprint density at radius 2 is 1.51 bits per heavy atom. The average molecular weight is 725 g/mol. The second-order valence-electron chi connectivity index (χ2n) is 16.3. The lowest BCUT2D eigenvalue weighted by Gasteiger charge is -2.41. The van der Waals surface area contributed by atoms with Crippen molar-refractivity contribution in [2.75, 3.05) is 26.2 Å². The highest BCUT2D eigenvalue weighted by Crippen LogP contribution is 2.32. The van der Waals surface area contributed by atoms with Gasteiger partial charge >= 0.3 is 6.03 Å². The predicted molar refractivity (Wildman–Crippen MR) is 203 cm³/mol. The maximum absolute atomic E-state index is 13.9. The number of carbonyl (C=O) groups is 7. The summed E-state index contributed by atoms with van der Waals surface area (Å²) >= 11 is 0. The van der Waals surface area contributed by atoms with Crippen LogP contribution in [0.25, 0.3) is 0 Å². The van der Waals surface area contributed by atoms with E-state index >= 15 is 0 Å². The Morgan fingerprint density at radius 1 is 0.941 bits per heavy atom. The Balaban J connectivity index is 0. The van der Waals surface area contributed by atoms with E-state index in [4.69, 9.17) is 4.79 Å². The van der Waals surface area contributed by atoms with Crippen molar-refractivity contribution in [3.05, 3.63) is 0 Å². The van der Waals surface area contributed by atoms with Gasteiger partial charge < -0.3 is 35.9 Å². The van der Waals surface area contributed by atoms with E-state index in [0.29, 0.717) is 51.7 Å². The first-order valence-corrected chi connectivity index (χ1v) is 18.5. The molecule has 4 N–H and O–H groups in total. The minimum absolute atomic E-state index is 0.0246. The standard InChI is InChI=1S/C31H55N5O5.C3H7NO.C3H8.CH2O/c1-11-13-21(20(2)37)32-26(39)22-14-12-16-36(22)27(40)25(30(6,7)8)34-28(41)33-23(29(3,4)5)19-35-17-15-31(9,10)18-24(35)38;1-2-4-3-5;1-3-2;1-2/h21-23,25H,11-19H2,1-10H3,(H,32,39)(H2,33,34,41);3H,2H2,1H3,(H,4,5);3H2,1-2H3;1H2. The molecule has 4 unspecified atom stereocenters. The Labute approximate surface area is 308 Å². The van der Waals surface area contributed by atoms with Crippen LogP contribution >= 0.6 is 0 Å². The second kappa shape index (κ2) is 23.9. The molecule has 2 fully saturated rings. The maximum atomic E-state index is 13.9. The average Bonchev–Trinajstić information content (AvgIpc) is 3.51. The van der Waals surface area contributed by atoms with Crippen molar-refractivity contribution in [2.45, 2.75) is 159 Å². The van der Waals surface area contributed by atoms with Crippen LogP contribution in [0.1, 0.15) is 135 Å². The third-order valence-electron chi connectivity index (χ3n) is 8.69. The molecule has 0 aromatic rings. The zero-order valence-corrected chi connectivity index (χ0v) is 34.1. The first-order chi connectivity index (χ1) is 23.6. The summed E-state index contributed by atoms with van der Waals surface area (Å²) in [6.07, 6.45) is 5.78. The molecule has 4 atom stereocenters. The first-order valence-electron chi connectivity index (χ1n) is 18.5. The monoisotopic (exact) mass is 725 g/mol. The third kappa shape index (κ3) is 18.5. The number of hydrogen-bond donors (Lipinski definition) is 4. The van der Waals surface area contributed by atoms with Crippen LogP contribution in [-0.4, -0.2) is 103 Å². The van der Waals surface area contributed by atoms with Crippen LogP contribution in [0.4, 0.5) is 4.79 Å². The molecule has 2 heterocycles. The zero-order valence-electron chi connectivity index (χ0n) is 34.1. The van der Waals surface area contributed by atoms with Crippen LogP contribution in [0.2, 0.25) is 0 Å². The van der Waals surface area contributed by atoms with Crippen molar-refractivity contribution in [3.8, 4) is 0 Å². The molecule has 6 amide bonds. The molecular weight excluding hydrogens is 652 g/mol. The summed E-state index contributed by atoms with van der Waals surface area (Å²) < 4.78 is 0. The van der Waals surface area contributed by atoms with Crippen molar-refractivity contribution in [1.82, 2.24) is 31.1 Å². The van der Waals surface area contributed by atoms with Crippen LogP contribution in [0.15, 0.2) is 0 Å². The van der Waals surface area contributed by atoms with Gasteiger partial charge in [0.25, 0.3) is 0 Å². The normalized spacial score (nSPS) is 18.5. The molecule has 2 saturated heterocycles. The number of Topliss-reactive ketones (excluding diaryl/α,β-unsaturated/α-hetero) is 1. The summed E-state index contributed by atoms with van der Waals surface area (Å²) in [4.78, 5) is 86.0. The van der Waals surface area contributed by atoms with Gasteiger partial charge in [0, 0.05) is 32.6 Å². The van der Waals surface area contributed by atoms with Gasteiger partial charge in [0.15, 0.2) is 5.78 Å². The van der Waals surface area contributed by atoms with Crippen molar-refractivity contribution >= 4 is 42.7 Å².